The van der Waals surface area contributed by atoms with Crippen molar-refractivity contribution in [2.75, 3.05) is 31.2 Å². The molecule has 1 aromatic rings. The predicted octanol–water partition coefficient (Wildman–Crippen LogP) is 3.98. The van der Waals surface area contributed by atoms with Crippen molar-refractivity contribution in [3.05, 3.63) is 23.4 Å². The van der Waals surface area contributed by atoms with Crippen LogP contribution in [0, 0.1) is 0 Å². The molecule has 0 aliphatic carbocycles. The highest BCUT2D eigenvalue weighted by Crippen LogP contribution is 2.25. The number of nitrogens with zero attached hydrogens (tertiary/aromatic N) is 2. The van der Waals surface area contributed by atoms with Gasteiger partial charge >= 0.3 is 0 Å². The summed E-state index contributed by atoms with van der Waals surface area (Å²) in [6.07, 6.45) is 0. The van der Waals surface area contributed by atoms with Crippen LogP contribution in [0.3, 0.4) is 0 Å². The van der Waals surface area contributed by atoms with Crippen LogP contribution in [0.15, 0.2) is 12.1 Å². The quantitative estimate of drug-likeness (QED) is 0.562. The molecular formula is C16H27ClN2O. The number of anilines is 1. The summed E-state index contributed by atoms with van der Waals surface area (Å²) in [4.78, 5) is 7.05. The van der Waals surface area contributed by atoms with E-state index in [1.807, 2.05) is 6.92 Å². The van der Waals surface area contributed by atoms with Gasteiger partial charge in [-0.05, 0) is 31.5 Å². The van der Waals surface area contributed by atoms with Crippen LogP contribution in [0.1, 0.15) is 45.9 Å². The molecule has 0 bridgehead atoms. The maximum absolute atomic E-state index is 6.02. The van der Waals surface area contributed by atoms with Crippen molar-refractivity contribution >= 4 is 17.4 Å². The van der Waals surface area contributed by atoms with Crippen molar-refractivity contribution in [3.8, 4) is 0 Å². The predicted molar refractivity (Wildman–Crippen MR) is 86.9 cm³/mol. The van der Waals surface area contributed by atoms with Crippen molar-refractivity contribution in [1.29, 1.82) is 0 Å². The molecule has 0 unspecified atom stereocenters. The summed E-state index contributed by atoms with van der Waals surface area (Å²) >= 11 is 6.02. The second kappa shape index (κ2) is 7.84. The molecule has 3 nitrogen and oxygen atoms in total. The third-order valence-corrected chi connectivity index (χ3v) is 3.52. The van der Waals surface area contributed by atoms with Crippen molar-refractivity contribution in [3.63, 3.8) is 0 Å². The summed E-state index contributed by atoms with van der Waals surface area (Å²) < 4.78 is 5.45. The lowest BCUT2D eigenvalue weighted by molar-refractivity contribution is 0.154. The van der Waals surface area contributed by atoms with E-state index in [2.05, 4.69) is 44.7 Å². The first-order chi connectivity index (χ1) is 9.42. The largest absolute Gasteiger partial charge is 0.380 e. The Balaban J connectivity index is 3.02. The molecule has 0 aromatic carbocycles. The third-order valence-electron chi connectivity index (χ3n) is 3.21. The highest BCUT2D eigenvalue weighted by Gasteiger charge is 2.18. The molecular weight excluding hydrogens is 272 g/mol. The van der Waals surface area contributed by atoms with Crippen LogP contribution in [0.5, 0.6) is 0 Å². The molecule has 20 heavy (non-hydrogen) atoms. The van der Waals surface area contributed by atoms with Gasteiger partial charge in [0.1, 0.15) is 5.82 Å². The molecule has 0 spiro atoms. The number of hydrogen-bond acceptors (Lipinski definition) is 3. The molecule has 114 valence electrons. The second-order valence-electron chi connectivity index (χ2n) is 5.88. The summed E-state index contributed by atoms with van der Waals surface area (Å²) in [5, 5.41) is 0. The number of likely N-dealkylation sites (N-methyl/N-ethyl adjacent to an activating group) is 1. The van der Waals surface area contributed by atoms with Crippen LogP contribution < -0.4 is 4.90 Å². The molecule has 0 radical (unpaired) electrons. The number of alkyl halides is 1. The SMILES string of the molecule is CCOCCN(CC)c1cc(CCl)cc(C(C)(C)C)n1. The number of halogens is 1. The number of hydrogen-bond donors (Lipinski definition) is 0. The minimum absolute atomic E-state index is 0.0240. The van der Waals surface area contributed by atoms with E-state index in [0.29, 0.717) is 5.88 Å². The molecule has 4 heteroatoms. The van der Waals surface area contributed by atoms with E-state index in [1.54, 1.807) is 0 Å². The van der Waals surface area contributed by atoms with Crippen molar-refractivity contribution < 1.29 is 4.74 Å². The van der Waals surface area contributed by atoms with Gasteiger partial charge in [-0.3, -0.25) is 0 Å². The second-order valence-corrected chi connectivity index (χ2v) is 6.15. The Morgan fingerprint density at radius 3 is 2.45 bits per heavy atom. The van der Waals surface area contributed by atoms with Gasteiger partial charge in [0.25, 0.3) is 0 Å². The highest BCUT2D eigenvalue weighted by atomic mass is 35.5. The van der Waals surface area contributed by atoms with Gasteiger partial charge < -0.3 is 9.64 Å². The van der Waals surface area contributed by atoms with Crippen molar-refractivity contribution in [1.82, 2.24) is 4.98 Å². The first-order valence-corrected chi connectivity index (χ1v) is 7.85. The lowest BCUT2D eigenvalue weighted by atomic mass is 9.91. The van der Waals surface area contributed by atoms with Crippen molar-refractivity contribution in [2.24, 2.45) is 0 Å². The van der Waals surface area contributed by atoms with E-state index in [0.717, 1.165) is 43.4 Å². The van der Waals surface area contributed by atoms with Gasteiger partial charge in [-0.2, -0.15) is 0 Å². The minimum Gasteiger partial charge on any atom is -0.380 e. The van der Waals surface area contributed by atoms with Gasteiger partial charge in [-0.1, -0.05) is 20.8 Å². The fourth-order valence-electron chi connectivity index (χ4n) is 1.95. The van der Waals surface area contributed by atoms with Gasteiger partial charge in [0.05, 0.1) is 6.61 Å². The van der Waals surface area contributed by atoms with Crippen molar-refractivity contribution in [2.45, 2.75) is 45.9 Å². The Hall–Kier alpha value is -0.800. The van der Waals surface area contributed by atoms with Crippen LogP contribution in [0.25, 0.3) is 0 Å². The fraction of sp³-hybridized carbons (Fsp3) is 0.688. The van der Waals surface area contributed by atoms with Gasteiger partial charge in [0.15, 0.2) is 0 Å². The molecule has 0 saturated carbocycles. The molecule has 1 heterocycles. The van der Waals surface area contributed by atoms with E-state index < -0.39 is 0 Å². The zero-order valence-corrected chi connectivity index (χ0v) is 14.1. The molecule has 0 saturated heterocycles. The van der Waals surface area contributed by atoms with Gasteiger partial charge in [-0.15, -0.1) is 11.6 Å². The first-order valence-electron chi connectivity index (χ1n) is 7.32. The summed E-state index contributed by atoms with van der Waals surface area (Å²) in [7, 11) is 0. The number of aromatic nitrogens is 1. The Labute approximate surface area is 128 Å². The summed E-state index contributed by atoms with van der Waals surface area (Å²) in [5.41, 5.74) is 2.23. The van der Waals surface area contributed by atoms with Gasteiger partial charge in [0, 0.05) is 36.7 Å². The maximum atomic E-state index is 6.02. The van der Waals surface area contributed by atoms with Crippen LogP contribution in [0.2, 0.25) is 0 Å². The van der Waals surface area contributed by atoms with E-state index in [9.17, 15) is 0 Å². The summed E-state index contributed by atoms with van der Waals surface area (Å²) in [6, 6.07) is 4.19. The summed E-state index contributed by atoms with van der Waals surface area (Å²) in [6.45, 7) is 13.9. The zero-order chi connectivity index (χ0) is 15.2. The van der Waals surface area contributed by atoms with Crippen LogP contribution in [-0.4, -0.2) is 31.3 Å². The van der Waals surface area contributed by atoms with Crippen LogP contribution in [-0.2, 0) is 16.0 Å². The molecule has 0 fully saturated rings. The molecule has 0 N–H and O–H groups in total. The minimum atomic E-state index is 0.0240. The number of rotatable bonds is 7. The topological polar surface area (TPSA) is 25.4 Å². The van der Waals surface area contributed by atoms with E-state index >= 15 is 0 Å². The normalized spacial score (nSPS) is 11.7. The highest BCUT2D eigenvalue weighted by molar-refractivity contribution is 6.17. The molecule has 0 amide bonds. The monoisotopic (exact) mass is 298 g/mol. The lowest BCUT2D eigenvalue weighted by Gasteiger charge is -2.26. The molecule has 0 aliphatic rings. The molecule has 0 aliphatic heterocycles. The van der Waals surface area contributed by atoms with Gasteiger partial charge in [-0.25, -0.2) is 4.98 Å². The Morgan fingerprint density at radius 1 is 1.25 bits per heavy atom. The zero-order valence-electron chi connectivity index (χ0n) is 13.4. The Kier molecular flexibility index (Phi) is 6.77. The Morgan fingerprint density at radius 2 is 1.95 bits per heavy atom. The number of pyridine rings is 1. The fourth-order valence-corrected chi connectivity index (χ4v) is 2.10. The molecule has 1 aromatic heterocycles. The van der Waals surface area contributed by atoms with E-state index in [1.165, 1.54) is 0 Å². The van der Waals surface area contributed by atoms with E-state index in [4.69, 9.17) is 21.3 Å². The maximum Gasteiger partial charge on any atom is 0.129 e. The Bertz CT molecular complexity index is 415. The molecule has 1 rings (SSSR count). The molecule has 0 atom stereocenters. The van der Waals surface area contributed by atoms with E-state index in [-0.39, 0.29) is 5.41 Å². The smallest absolute Gasteiger partial charge is 0.129 e. The standard InChI is InChI=1S/C16H27ClN2O/c1-6-19(8-9-20-7-2)15-11-13(12-17)10-14(18-15)16(3,4)5/h10-11H,6-9,12H2,1-5H3. The first kappa shape index (κ1) is 17.3. The van der Waals surface area contributed by atoms with Crippen LogP contribution >= 0.6 is 11.6 Å². The average Bonchev–Trinajstić information content (AvgIpc) is 2.42. The van der Waals surface area contributed by atoms with Gasteiger partial charge in [0.2, 0.25) is 0 Å². The van der Waals surface area contributed by atoms with Crippen LogP contribution in [0.4, 0.5) is 5.82 Å². The third kappa shape index (κ3) is 4.95. The summed E-state index contributed by atoms with van der Waals surface area (Å²) in [5.74, 6) is 1.51. The lowest BCUT2D eigenvalue weighted by Crippen LogP contribution is -2.29. The average molecular weight is 299 g/mol. The number of ether oxygens (including phenoxy) is 1.